The van der Waals surface area contributed by atoms with Gasteiger partial charge in [-0.15, -0.1) is 0 Å². The number of aromatic nitrogens is 1. The van der Waals surface area contributed by atoms with Gasteiger partial charge >= 0.3 is 5.97 Å². The first-order valence-electron chi connectivity index (χ1n) is 11.4. The first-order chi connectivity index (χ1) is 16.4. The molecule has 2 heterocycles. The van der Waals surface area contributed by atoms with Gasteiger partial charge in [0.1, 0.15) is 12.7 Å². The lowest BCUT2D eigenvalue weighted by molar-refractivity contribution is -0.157. The largest absolute Gasteiger partial charge is 0.463 e. The Morgan fingerprint density at radius 1 is 1.09 bits per heavy atom. The van der Waals surface area contributed by atoms with E-state index in [1.165, 1.54) is 6.92 Å². The van der Waals surface area contributed by atoms with Crippen LogP contribution in [0.4, 0.5) is 0 Å². The van der Waals surface area contributed by atoms with Crippen molar-refractivity contribution in [3.05, 3.63) is 68.8 Å². The van der Waals surface area contributed by atoms with Crippen molar-refractivity contribution in [2.45, 2.75) is 58.0 Å². The summed E-state index contributed by atoms with van der Waals surface area (Å²) in [6.45, 7) is 8.72. The van der Waals surface area contributed by atoms with Gasteiger partial charge < -0.3 is 19.2 Å². The zero-order valence-electron chi connectivity index (χ0n) is 20.2. The summed E-state index contributed by atoms with van der Waals surface area (Å²) in [5.74, 6) is -1.82. The van der Waals surface area contributed by atoms with E-state index in [-0.39, 0.29) is 18.2 Å². The number of rotatable bonds is 4. The third-order valence-corrected chi connectivity index (χ3v) is 7.22. The van der Waals surface area contributed by atoms with Crippen molar-refractivity contribution in [3.8, 4) is 0 Å². The number of fused-ring (bicyclic) bond motifs is 4. The SMILES string of the molecule is CC(=O)OC[C@H]1OC(C)(C)OC1C(=O)c1ccc2c(c1)C(C)(C)c1[nH]c3cc(Br)ccc3c1C2=O. The predicted octanol–water partition coefficient (Wildman–Crippen LogP) is 5.07. The van der Waals surface area contributed by atoms with Gasteiger partial charge in [0.15, 0.2) is 23.5 Å². The van der Waals surface area contributed by atoms with Crippen LogP contribution in [0.15, 0.2) is 40.9 Å². The molecule has 7 nitrogen and oxygen atoms in total. The molecule has 1 aliphatic heterocycles. The van der Waals surface area contributed by atoms with Crippen molar-refractivity contribution in [2.75, 3.05) is 6.61 Å². The number of nitrogens with one attached hydrogen (secondary N) is 1. The molecule has 0 saturated carbocycles. The number of halogens is 1. The average molecular weight is 540 g/mol. The number of H-pyrrole nitrogens is 1. The zero-order valence-corrected chi connectivity index (χ0v) is 21.7. The normalized spacial score (nSPS) is 22.1. The average Bonchev–Trinajstić information content (AvgIpc) is 3.32. The van der Waals surface area contributed by atoms with E-state index in [4.69, 9.17) is 14.2 Å². The molecule has 8 heteroatoms. The summed E-state index contributed by atoms with van der Waals surface area (Å²) in [6.07, 6.45) is -1.67. The summed E-state index contributed by atoms with van der Waals surface area (Å²) in [6, 6.07) is 11.0. The molecule has 35 heavy (non-hydrogen) atoms. The lowest BCUT2D eigenvalue weighted by atomic mass is 9.70. The minimum absolute atomic E-state index is 0.0729. The number of carbonyl (C=O) groups is 3. The van der Waals surface area contributed by atoms with E-state index >= 15 is 0 Å². The Hall–Kier alpha value is -2.81. The molecular formula is C27H26BrNO6. The summed E-state index contributed by atoms with van der Waals surface area (Å²) in [5, 5.41) is 0.874. The molecular weight excluding hydrogens is 514 g/mol. The van der Waals surface area contributed by atoms with Crippen molar-refractivity contribution in [3.63, 3.8) is 0 Å². The van der Waals surface area contributed by atoms with Crippen molar-refractivity contribution < 1.29 is 28.6 Å². The van der Waals surface area contributed by atoms with Crippen LogP contribution in [0.25, 0.3) is 10.9 Å². The molecule has 3 aromatic rings. The Morgan fingerprint density at radius 3 is 2.54 bits per heavy atom. The van der Waals surface area contributed by atoms with Crippen LogP contribution in [0.2, 0.25) is 0 Å². The Morgan fingerprint density at radius 2 is 1.83 bits per heavy atom. The maximum absolute atomic E-state index is 13.6. The number of esters is 1. The molecule has 2 aromatic carbocycles. The molecule has 1 N–H and O–H groups in total. The van der Waals surface area contributed by atoms with Crippen LogP contribution < -0.4 is 0 Å². The number of aromatic amines is 1. The van der Waals surface area contributed by atoms with Crippen LogP contribution in [0.5, 0.6) is 0 Å². The first kappa shape index (κ1) is 23.9. The molecule has 1 saturated heterocycles. The summed E-state index contributed by atoms with van der Waals surface area (Å²) in [5.41, 5.74) is 3.56. The van der Waals surface area contributed by atoms with Crippen molar-refractivity contribution in [2.24, 2.45) is 0 Å². The van der Waals surface area contributed by atoms with E-state index in [1.54, 1.807) is 32.0 Å². The molecule has 1 fully saturated rings. The van der Waals surface area contributed by atoms with Gasteiger partial charge in [-0.25, -0.2) is 0 Å². The van der Waals surface area contributed by atoms with Crippen LogP contribution in [0.1, 0.15) is 72.2 Å². The summed E-state index contributed by atoms with van der Waals surface area (Å²) >= 11 is 3.49. The maximum atomic E-state index is 13.6. The highest BCUT2D eigenvalue weighted by atomic mass is 79.9. The highest BCUT2D eigenvalue weighted by molar-refractivity contribution is 9.10. The molecule has 1 unspecified atom stereocenters. The standard InChI is InChI=1S/C27H26BrNO6/c1-13(30)33-12-20-24(35-27(4,5)34-20)22(31)14-6-8-16-18(10-14)26(2,3)25-21(23(16)32)17-9-7-15(28)11-19(17)29-25/h6-11,20,24,29H,12H2,1-5H3/t20-,24?/m1/s1. The van der Waals surface area contributed by atoms with Crippen molar-refractivity contribution in [1.29, 1.82) is 0 Å². The monoisotopic (exact) mass is 539 g/mol. The smallest absolute Gasteiger partial charge is 0.302 e. The lowest BCUT2D eigenvalue weighted by Gasteiger charge is -2.32. The van der Waals surface area contributed by atoms with Crippen LogP contribution >= 0.6 is 15.9 Å². The number of ketones is 2. The van der Waals surface area contributed by atoms with E-state index in [9.17, 15) is 14.4 Å². The zero-order chi connectivity index (χ0) is 25.3. The highest BCUT2D eigenvalue weighted by Gasteiger charge is 2.47. The van der Waals surface area contributed by atoms with Gasteiger partial charge in [-0.2, -0.15) is 0 Å². The van der Waals surface area contributed by atoms with E-state index in [0.29, 0.717) is 16.7 Å². The van der Waals surface area contributed by atoms with Gasteiger partial charge in [-0.3, -0.25) is 14.4 Å². The van der Waals surface area contributed by atoms with Crippen LogP contribution in [-0.2, 0) is 24.4 Å². The minimum Gasteiger partial charge on any atom is -0.463 e. The Kier molecular flexibility index (Phi) is 5.54. The molecule has 2 atom stereocenters. The molecule has 0 spiro atoms. The van der Waals surface area contributed by atoms with E-state index in [0.717, 1.165) is 26.6 Å². The van der Waals surface area contributed by atoms with E-state index < -0.39 is 29.4 Å². The fourth-order valence-corrected chi connectivity index (χ4v) is 5.46. The maximum Gasteiger partial charge on any atom is 0.302 e. The third kappa shape index (κ3) is 3.93. The van der Waals surface area contributed by atoms with Gasteiger partial charge in [-0.1, -0.05) is 48.0 Å². The highest BCUT2D eigenvalue weighted by Crippen LogP contribution is 2.44. The van der Waals surface area contributed by atoms with Gasteiger partial charge in [-0.05, 0) is 37.6 Å². The number of hydrogen-bond acceptors (Lipinski definition) is 6. The van der Waals surface area contributed by atoms with Crippen LogP contribution in [0.3, 0.4) is 0 Å². The fourth-order valence-electron chi connectivity index (χ4n) is 5.10. The van der Waals surface area contributed by atoms with Gasteiger partial charge in [0, 0.05) is 44.5 Å². The summed E-state index contributed by atoms with van der Waals surface area (Å²) in [7, 11) is 0. The van der Waals surface area contributed by atoms with Crippen LogP contribution in [-0.4, -0.2) is 47.1 Å². The topological polar surface area (TPSA) is 94.7 Å². The Balaban J connectivity index is 1.54. The number of carbonyl (C=O) groups excluding carboxylic acids is 3. The van der Waals surface area contributed by atoms with E-state index in [2.05, 4.69) is 20.9 Å². The third-order valence-electron chi connectivity index (χ3n) is 6.73. The molecule has 1 aromatic heterocycles. The second-order valence-electron chi connectivity index (χ2n) is 10.0. The molecule has 0 amide bonds. The number of ether oxygens (including phenoxy) is 3. The Labute approximate surface area is 211 Å². The Bertz CT molecular complexity index is 1400. The predicted molar refractivity (Wildman–Crippen MR) is 133 cm³/mol. The van der Waals surface area contributed by atoms with Gasteiger partial charge in [0.25, 0.3) is 0 Å². The van der Waals surface area contributed by atoms with Gasteiger partial charge in [0.2, 0.25) is 0 Å². The second kappa shape index (κ2) is 8.11. The van der Waals surface area contributed by atoms with Crippen molar-refractivity contribution in [1.82, 2.24) is 4.98 Å². The number of hydrogen-bond donors (Lipinski definition) is 1. The molecule has 0 bridgehead atoms. The molecule has 182 valence electrons. The molecule has 1 aliphatic carbocycles. The lowest BCUT2D eigenvalue weighted by Crippen LogP contribution is -2.36. The van der Waals surface area contributed by atoms with E-state index in [1.807, 2.05) is 32.0 Å². The number of benzene rings is 2. The summed E-state index contributed by atoms with van der Waals surface area (Å²) < 4.78 is 17.7. The van der Waals surface area contributed by atoms with Crippen LogP contribution in [0, 0.1) is 0 Å². The molecule has 2 aliphatic rings. The second-order valence-corrected chi connectivity index (χ2v) is 11.0. The first-order valence-corrected chi connectivity index (χ1v) is 12.2. The van der Waals surface area contributed by atoms with Gasteiger partial charge in [0.05, 0.1) is 5.56 Å². The number of Topliss-reactive ketones (excluding diaryl/α,β-unsaturated/α-hetero) is 1. The molecule has 0 radical (unpaired) electrons. The quantitative estimate of drug-likeness (QED) is 0.367. The summed E-state index contributed by atoms with van der Waals surface area (Å²) in [4.78, 5) is 41.9. The van der Waals surface area contributed by atoms with Crippen molar-refractivity contribution >= 4 is 44.4 Å². The minimum atomic E-state index is -0.998. The molecule has 5 rings (SSSR count). The fraction of sp³-hybridized carbons (Fsp3) is 0.370.